The van der Waals surface area contributed by atoms with Gasteiger partial charge in [0, 0.05) is 0 Å². The van der Waals surface area contributed by atoms with Gasteiger partial charge in [-0.2, -0.15) is 0 Å². The summed E-state index contributed by atoms with van der Waals surface area (Å²) >= 11 is 0. The zero-order valence-corrected chi connectivity index (χ0v) is 20.6. The first-order valence-electron chi connectivity index (χ1n) is 13.8. The first kappa shape index (κ1) is 28.9. The van der Waals surface area contributed by atoms with Crippen molar-refractivity contribution in [3.63, 3.8) is 0 Å². The van der Waals surface area contributed by atoms with E-state index in [9.17, 15) is 0 Å². The molecule has 0 saturated carbocycles. The third-order valence-corrected chi connectivity index (χ3v) is 6.29. The Labute approximate surface area is 185 Å². The predicted octanol–water partition coefficient (Wildman–Crippen LogP) is 8.87. The maximum Gasteiger partial charge on any atom is 0.0546 e. The van der Waals surface area contributed by atoms with Crippen LogP contribution in [-0.4, -0.2) is 12.7 Å². The molecule has 0 aliphatic rings. The van der Waals surface area contributed by atoms with Crippen molar-refractivity contribution in [3.05, 3.63) is 0 Å². The van der Waals surface area contributed by atoms with Crippen molar-refractivity contribution in [3.8, 4) is 0 Å². The van der Waals surface area contributed by atoms with Crippen molar-refractivity contribution in [2.75, 3.05) is 6.54 Å². The second kappa shape index (κ2) is 26.0. The molecule has 0 bridgehead atoms. The molecule has 0 fully saturated rings. The van der Waals surface area contributed by atoms with Crippen LogP contribution in [0, 0.1) is 0 Å². The Kier molecular flexibility index (Phi) is 25.9. The fourth-order valence-electron chi connectivity index (χ4n) is 4.26. The molecule has 0 heterocycles. The van der Waals surface area contributed by atoms with Gasteiger partial charge in [0.25, 0.3) is 0 Å². The lowest BCUT2D eigenvalue weighted by atomic mass is 10.0. The summed E-state index contributed by atoms with van der Waals surface area (Å²) in [6, 6.07) is 0. The highest BCUT2D eigenvalue weighted by molar-refractivity contribution is 4.58. The van der Waals surface area contributed by atoms with E-state index >= 15 is 0 Å². The minimum atomic E-state index is 0.213. The van der Waals surface area contributed by atoms with E-state index in [2.05, 4.69) is 19.2 Å². The number of hydrogen-bond donors (Lipinski definition) is 2. The Morgan fingerprint density at radius 3 is 1.07 bits per heavy atom. The summed E-state index contributed by atoms with van der Waals surface area (Å²) in [5.74, 6) is 0. The Bertz CT molecular complexity index is 280. The topological polar surface area (TPSA) is 38.0 Å². The van der Waals surface area contributed by atoms with Gasteiger partial charge in [0.15, 0.2) is 0 Å². The smallest absolute Gasteiger partial charge is 0.0546 e. The SMILES string of the molecule is CCCCCCCCCCCCCCCCCCCCCCCNC(N)CCC. The minimum Gasteiger partial charge on any atom is -0.316 e. The molecule has 0 aromatic heterocycles. The molecule has 0 aromatic carbocycles. The van der Waals surface area contributed by atoms with Gasteiger partial charge >= 0.3 is 0 Å². The fourth-order valence-corrected chi connectivity index (χ4v) is 4.26. The van der Waals surface area contributed by atoms with Crippen LogP contribution in [0.5, 0.6) is 0 Å². The zero-order chi connectivity index (χ0) is 21.3. The summed E-state index contributed by atoms with van der Waals surface area (Å²) < 4.78 is 0. The average molecular weight is 411 g/mol. The van der Waals surface area contributed by atoms with E-state index in [0.29, 0.717) is 0 Å². The minimum absolute atomic E-state index is 0.213. The van der Waals surface area contributed by atoms with Crippen LogP contribution in [0.25, 0.3) is 0 Å². The van der Waals surface area contributed by atoms with Crippen molar-refractivity contribution in [1.29, 1.82) is 0 Å². The van der Waals surface area contributed by atoms with E-state index in [4.69, 9.17) is 5.73 Å². The third-order valence-electron chi connectivity index (χ3n) is 6.29. The van der Waals surface area contributed by atoms with E-state index in [1.165, 1.54) is 141 Å². The molecule has 1 atom stereocenters. The summed E-state index contributed by atoms with van der Waals surface area (Å²) in [6.07, 6.45) is 32.9. The summed E-state index contributed by atoms with van der Waals surface area (Å²) in [5.41, 5.74) is 5.96. The van der Waals surface area contributed by atoms with Crippen LogP contribution in [0.3, 0.4) is 0 Å². The number of unbranched alkanes of at least 4 members (excludes halogenated alkanes) is 20. The molecule has 0 rings (SSSR count). The molecule has 2 nitrogen and oxygen atoms in total. The molecule has 1 unspecified atom stereocenters. The van der Waals surface area contributed by atoms with Crippen molar-refractivity contribution >= 4 is 0 Å². The van der Waals surface area contributed by atoms with Crippen LogP contribution < -0.4 is 11.1 Å². The van der Waals surface area contributed by atoms with Gasteiger partial charge < -0.3 is 11.1 Å². The largest absolute Gasteiger partial charge is 0.316 e. The highest BCUT2D eigenvalue weighted by Gasteiger charge is 1.99. The Balaban J connectivity index is 3.02. The van der Waals surface area contributed by atoms with Gasteiger partial charge in [-0.15, -0.1) is 0 Å². The lowest BCUT2D eigenvalue weighted by molar-refractivity contribution is 0.470. The monoisotopic (exact) mass is 410 g/mol. The third kappa shape index (κ3) is 25.9. The van der Waals surface area contributed by atoms with Gasteiger partial charge in [0.1, 0.15) is 0 Å². The van der Waals surface area contributed by atoms with Crippen LogP contribution >= 0.6 is 0 Å². The van der Waals surface area contributed by atoms with E-state index < -0.39 is 0 Å². The maximum absolute atomic E-state index is 5.96. The Hall–Kier alpha value is -0.0800. The zero-order valence-electron chi connectivity index (χ0n) is 20.6. The van der Waals surface area contributed by atoms with Crippen LogP contribution in [0.1, 0.15) is 162 Å². The van der Waals surface area contributed by atoms with E-state index in [1.54, 1.807) is 0 Å². The van der Waals surface area contributed by atoms with Crippen LogP contribution in [0.2, 0.25) is 0 Å². The van der Waals surface area contributed by atoms with Crippen molar-refractivity contribution in [2.45, 2.75) is 168 Å². The highest BCUT2D eigenvalue weighted by Crippen LogP contribution is 2.15. The summed E-state index contributed by atoms with van der Waals surface area (Å²) in [5, 5.41) is 3.42. The normalized spacial score (nSPS) is 12.5. The molecule has 0 spiro atoms. The average Bonchev–Trinajstić information content (AvgIpc) is 2.72. The van der Waals surface area contributed by atoms with Crippen LogP contribution in [-0.2, 0) is 0 Å². The first-order valence-corrected chi connectivity index (χ1v) is 13.8. The van der Waals surface area contributed by atoms with E-state index in [-0.39, 0.29) is 6.17 Å². The molecule has 3 N–H and O–H groups in total. The quantitative estimate of drug-likeness (QED) is 0.116. The number of hydrogen-bond acceptors (Lipinski definition) is 2. The van der Waals surface area contributed by atoms with E-state index in [1.807, 2.05) is 0 Å². The molecular weight excluding hydrogens is 352 g/mol. The molecule has 29 heavy (non-hydrogen) atoms. The van der Waals surface area contributed by atoms with Crippen molar-refractivity contribution < 1.29 is 0 Å². The molecule has 0 saturated heterocycles. The second-order valence-electron chi connectivity index (χ2n) is 9.42. The Morgan fingerprint density at radius 1 is 0.448 bits per heavy atom. The molecular formula is C27H58N2. The van der Waals surface area contributed by atoms with Gasteiger partial charge in [0.2, 0.25) is 0 Å². The summed E-state index contributed by atoms with van der Waals surface area (Å²) in [7, 11) is 0. The Morgan fingerprint density at radius 2 is 0.759 bits per heavy atom. The number of nitrogens with one attached hydrogen (secondary N) is 1. The summed E-state index contributed by atoms with van der Waals surface area (Å²) in [4.78, 5) is 0. The summed E-state index contributed by atoms with van der Waals surface area (Å²) in [6.45, 7) is 5.59. The lowest BCUT2D eigenvalue weighted by Crippen LogP contribution is -2.37. The molecule has 0 radical (unpaired) electrons. The van der Waals surface area contributed by atoms with Crippen molar-refractivity contribution in [2.24, 2.45) is 5.73 Å². The van der Waals surface area contributed by atoms with E-state index in [0.717, 1.165) is 13.0 Å². The van der Waals surface area contributed by atoms with Crippen LogP contribution in [0.15, 0.2) is 0 Å². The number of nitrogens with two attached hydrogens (primary N) is 1. The van der Waals surface area contributed by atoms with Crippen molar-refractivity contribution in [1.82, 2.24) is 5.32 Å². The molecule has 0 aliphatic heterocycles. The fraction of sp³-hybridized carbons (Fsp3) is 1.00. The van der Waals surface area contributed by atoms with Gasteiger partial charge in [0.05, 0.1) is 6.17 Å². The second-order valence-corrected chi connectivity index (χ2v) is 9.42. The van der Waals surface area contributed by atoms with Gasteiger partial charge in [-0.25, -0.2) is 0 Å². The number of rotatable bonds is 25. The molecule has 0 amide bonds. The lowest BCUT2D eigenvalue weighted by Gasteiger charge is -2.12. The standard InChI is InChI=1S/C27H58N2/c1-3-5-6-7-8-9-10-11-12-13-14-15-16-17-18-19-20-21-22-23-24-26-29-27(28)25-4-2/h27,29H,3-26,28H2,1-2H3. The van der Waals surface area contributed by atoms with Gasteiger partial charge in [-0.3, -0.25) is 0 Å². The highest BCUT2D eigenvalue weighted by atomic mass is 15.0. The van der Waals surface area contributed by atoms with Gasteiger partial charge in [-0.1, -0.05) is 149 Å². The first-order chi connectivity index (χ1) is 14.3. The molecule has 176 valence electrons. The van der Waals surface area contributed by atoms with Crippen LogP contribution in [0.4, 0.5) is 0 Å². The predicted molar refractivity (Wildman–Crippen MR) is 134 cm³/mol. The molecule has 2 heteroatoms. The van der Waals surface area contributed by atoms with Gasteiger partial charge in [-0.05, 0) is 19.4 Å². The molecule has 0 aromatic rings. The molecule has 0 aliphatic carbocycles. The maximum atomic E-state index is 5.96.